The first-order chi connectivity index (χ1) is 15.1. The lowest BCUT2D eigenvalue weighted by Crippen LogP contribution is -2.29. The fraction of sp³-hybridized carbons (Fsp3) is 0.400. The van der Waals surface area contributed by atoms with Gasteiger partial charge in [-0.3, -0.25) is 0 Å². The summed E-state index contributed by atoms with van der Waals surface area (Å²) in [5.41, 5.74) is 6.15. The molecule has 2 unspecified atom stereocenters. The second-order valence-corrected chi connectivity index (χ2v) is 9.67. The molecular weight excluding hydrogens is 406 g/mol. The number of hydrogen-bond acceptors (Lipinski definition) is 3. The zero-order valence-corrected chi connectivity index (χ0v) is 19.1. The Morgan fingerprint density at radius 3 is 2.77 bits per heavy atom. The molecule has 1 aliphatic heterocycles. The molecule has 2 heterocycles. The van der Waals surface area contributed by atoms with Crippen LogP contribution in [0.1, 0.15) is 46.7 Å². The highest BCUT2D eigenvalue weighted by molar-refractivity contribution is 7.83. The molecule has 1 aromatic heterocycles. The molecular formula is C25H31N3O2S. The van der Waals surface area contributed by atoms with Gasteiger partial charge in [0.1, 0.15) is 11.0 Å². The Morgan fingerprint density at radius 2 is 2.00 bits per heavy atom. The van der Waals surface area contributed by atoms with Gasteiger partial charge in [-0.25, -0.2) is 13.9 Å². The van der Waals surface area contributed by atoms with E-state index in [1.54, 1.807) is 6.33 Å². The fourth-order valence-electron chi connectivity index (χ4n) is 4.25. The summed E-state index contributed by atoms with van der Waals surface area (Å²) in [5.74, 6) is 0.705. The molecule has 2 atom stereocenters. The van der Waals surface area contributed by atoms with E-state index in [1.807, 2.05) is 18.3 Å². The summed E-state index contributed by atoms with van der Waals surface area (Å²) >= 11 is 0. The van der Waals surface area contributed by atoms with Crippen LogP contribution in [0.3, 0.4) is 0 Å². The van der Waals surface area contributed by atoms with Crippen molar-refractivity contribution in [2.24, 2.45) is 5.92 Å². The van der Waals surface area contributed by atoms with Crippen LogP contribution in [0.5, 0.6) is 0 Å². The lowest BCUT2D eigenvalue weighted by atomic mass is 9.86. The maximum absolute atomic E-state index is 12.9. The molecule has 6 heteroatoms. The monoisotopic (exact) mass is 437 g/mol. The number of aromatic nitrogens is 2. The third-order valence-corrected chi connectivity index (χ3v) is 7.42. The van der Waals surface area contributed by atoms with Gasteiger partial charge in [0.05, 0.1) is 11.2 Å². The smallest absolute Gasteiger partial charge is 0.124 e. The van der Waals surface area contributed by atoms with Crippen LogP contribution in [0.25, 0.3) is 0 Å². The van der Waals surface area contributed by atoms with Gasteiger partial charge in [0.2, 0.25) is 0 Å². The van der Waals surface area contributed by atoms with Crippen LogP contribution in [-0.2, 0) is 22.1 Å². The van der Waals surface area contributed by atoms with E-state index in [0.717, 1.165) is 49.6 Å². The number of aryl methyl sites for hydroxylation is 1. The lowest BCUT2D eigenvalue weighted by molar-refractivity contribution is 0.0679. The fourth-order valence-corrected chi connectivity index (χ4v) is 5.26. The second-order valence-electron chi connectivity index (χ2n) is 8.37. The van der Waals surface area contributed by atoms with Gasteiger partial charge in [-0.15, -0.1) is 0 Å². The van der Waals surface area contributed by atoms with Gasteiger partial charge in [-0.2, -0.15) is 0 Å². The highest BCUT2D eigenvalue weighted by atomic mass is 32.2. The summed E-state index contributed by atoms with van der Waals surface area (Å²) < 4.78 is 21.5. The molecule has 2 N–H and O–H groups in total. The molecule has 0 radical (unpaired) electrons. The largest absolute Gasteiger partial charge is 0.381 e. The molecule has 3 aromatic rings. The number of nitrogens with zero attached hydrogens (tertiary/aromatic N) is 1. The summed E-state index contributed by atoms with van der Waals surface area (Å²) in [6, 6.07) is 14.6. The Bertz CT molecular complexity index is 1010. The Kier molecular flexibility index (Phi) is 7.33. The highest BCUT2D eigenvalue weighted by Gasteiger charge is 2.20. The normalized spacial score (nSPS) is 16.8. The minimum Gasteiger partial charge on any atom is -0.381 e. The number of benzene rings is 2. The first-order valence-corrected chi connectivity index (χ1v) is 12.1. The quantitative estimate of drug-likeness (QED) is 0.547. The van der Waals surface area contributed by atoms with Crippen LogP contribution in [0.15, 0.2) is 59.9 Å². The van der Waals surface area contributed by atoms with E-state index in [1.165, 1.54) is 22.3 Å². The van der Waals surface area contributed by atoms with Crippen LogP contribution >= 0.6 is 0 Å². The van der Waals surface area contributed by atoms with Gasteiger partial charge < -0.3 is 9.72 Å². The molecule has 1 aliphatic rings. The molecule has 0 amide bonds. The van der Waals surface area contributed by atoms with Crippen LogP contribution in [0.2, 0.25) is 0 Å². The van der Waals surface area contributed by atoms with Gasteiger partial charge in [0.25, 0.3) is 0 Å². The average molecular weight is 438 g/mol. The van der Waals surface area contributed by atoms with E-state index in [9.17, 15) is 4.21 Å². The summed E-state index contributed by atoms with van der Waals surface area (Å²) in [6.07, 6.45) is 6.53. The highest BCUT2D eigenvalue weighted by Crippen LogP contribution is 2.31. The number of ether oxygens (including phenoxy) is 1. The van der Waals surface area contributed by atoms with Crippen molar-refractivity contribution in [2.45, 2.75) is 43.9 Å². The average Bonchev–Trinajstić information content (AvgIpc) is 3.33. The molecule has 4 rings (SSSR count). The Hall–Kier alpha value is -2.28. The van der Waals surface area contributed by atoms with Crippen LogP contribution < -0.4 is 4.72 Å². The maximum atomic E-state index is 12.9. The molecule has 0 bridgehead atoms. The zero-order chi connectivity index (χ0) is 21.6. The molecule has 1 saturated heterocycles. The molecule has 0 spiro atoms. The second kappa shape index (κ2) is 10.4. The molecule has 0 saturated carbocycles. The molecule has 2 aromatic carbocycles. The van der Waals surface area contributed by atoms with Crippen molar-refractivity contribution >= 4 is 11.0 Å². The van der Waals surface area contributed by atoms with Gasteiger partial charge >= 0.3 is 0 Å². The van der Waals surface area contributed by atoms with E-state index in [4.69, 9.17) is 4.74 Å². The number of imidazole rings is 1. The summed E-state index contributed by atoms with van der Waals surface area (Å²) in [7, 11) is -1.21. The maximum Gasteiger partial charge on any atom is 0.124 e. The first kappa shape index (κ1) is 21.9. The third-order valence-electron chi connectivity index (χ3n) is 6.31. The van der Waals surface area contributed by atoms with Crippen LogP contribution in [0, 0.1) is 19.8 Å². The minimum atomic E-state index is -1.21. The Balaban J connectivity index is 1.51. The van der Waals surface area contributed by atoms with Gasteiger partial charge in [-0.1, -0.05) is 30.3 Å². The van der Waals surface area contributed by atoms with Crippen molar-refractivity contribution in [3.8, 4) is 0 Å². The van der Waals surface area contributed by atoms with Crippen LogP contribution in [-0.4, -0.2) is 33.9 Å². The third kappa shape index (κ3) is 5.50. The minimum absolute atomic E-state index is 0.168. The van der Waals surface area contributed by atoms with E-state index < -0.39 is 11.0 Å². The molecule has 31 heavy (non-hydrogen) atoms. The summed E-state index contributed by atoms with van der Waals surface area (Å²) in [6.45, 7) is 6.71. The van der Waals surface area contributed by atoms with Crippen molar-refractivity contribution in [1.29, 1.82) is 0 Å². The predicted octanol–water partition coefficient (Wildman–Crippen LogP) is 4.44. The first-order valence-electron chi connectivity index (χ1n) is 11.0. The predicted molar refractivity (Wildman–Crippen MR) is 124 cm³/mol. The number of hydrogen-bond donors (Lipinski definition) is 2. The summed E-state index contributed by atoms with van der Waals surface area (Å²) in [4.78, 5) is 8.38. The van der Waals surface area contributed by atoms with E-state index in [2.05, 4.69) is 58.9 Å². The standard InChI is InChI=1S/C25H31N3O2S/c1-18-5-3-8-23(19(18)2)24(25-16-26-17-27-25)14-21-6-4-7-22(13-21)31(29)28-15-20-9-11-30-12-10-20/h3-8,13,16-17,20,24,28H,9-12,14-15H2,1-2H3,(H,26,27). The molecule has 5 nitrogen and oxygen atoms in total. The van der Waals surface area contributed by atoms with Crippen molar-refractivity contribution in [2.75, 3.05) is 19.8 Å². The van der Waals surface area contributed by atoms with E-state index >= 15 is 0 Å². The van der Waals surface area contributed by atoms with Gasteiger partial charge in [0, 0.05) is 37.6 Å². The molecule has 164 valence electrons. The lowest BCUT2D eigenvalue weighted by Gasteiger charge is -2.22. The number of nitrogens with one attached hydrogen (secondary N) is 2. The Labute approximate surface area is 187 Å². The van der Waals surface area contributed by atoms with Crippen molar-refractivity contribution in [1.82, 2.24) is 14.7 Å². The topological polar surface area (TPSA) is 67.0 Å². The SMILES string of the molecule is Cc1cccc(C(Cc2cccc(S(=O)NCC3CCOCC3)c2)c2cnc[nH]2)c1C. The molecule has 1 fully saturated rings. The van der Waals surface area contributed by atoms with Crippen LogP contribution in [0.4, 0.5) is 0 Å². The number of rotatable bonds is 8. The zero-order valence-electron chi connectivity index (χ0n) is 18.3. The van der Waals surface area contributed by atoms with E-state index in [0.29, 0.717) is 5.92 Å². The van der Waals surface area contributed by atoms with E-state index in [-0.39, 0.29) is 5.92 Å². The van der Waals surface area contributed by atoms with Crippen molar-refractivity contribution in [3.63, 3.8) is 0 Å². The summed E-state index contributed by atoms with van der Waals surface area (Å²) in [5, 5.41) is 0. The van der Waals surface area contributed by atoms with Gasteiger partial charge in [0.15, 0.2) is 0 Å². The van der Waals surface area contributed by atoms with Gasteiger partial charge in [-0.05, 0) is 73.4 Å². The van der Waals surface area contributed by atoms with Crippen molar-refractivity contribution in [3.05, 3.63) is 82.9 Å². The number of H-pyrrole nitrogens is 1. The molecule has 0 aliphatic carbocycles. The van der Waals surface area contributed by atoms with Crippen molar-refractivity contribution < 1.29 is 8.95 Å². The Morgan fingerprint density at radius 1 is 1.19 bits per heavy atom. The number of aromatic amines is 1.